The van der Waals surface area contributed by atoms with Gasteiger partial charge in [0.1, 0.15) is 5.01 Å². The average Bonchev–Trinajstić information content (AvgIpc) is 3.31. The van der Waals surface area contributed by atoms with E-state index in [0.717, 1.165) is 33.9 Å². The highest BCUT2D eigenvalue weighted by atomic mass is 32.1. The van der Waals surface area contributed by atoms with Crippen molar-refractivity contribution in [1.82, 2.24) is 14.8 Å². The van der Waals surface area contributed by atoms with Crippen LogP contribution in [-0.2, 0) is 13.5 Å². The van der Waals surface area contributed by atoms with Gasteiger partial charge in [-0.1, -0.05) is 36.4 Å². The number of aromatic nitrogens is 3. The first-order valence-electron chi connectivity index (χ1n) is 9.25. The summed E-state index contributed by atoms with van der Waals surface area (Å²) >= 11 is 1.51. The predicted molar refractivity (Wildman–Crippen MR) is 114 cm³/mol. The quantitative estimate of drug-likeness (QED) is 0.440. The Bertz CT molecular complexity index is 1300. The van der Waals surface area contributed by atoms with Gasteiger partial charge in [0.05, 0.1) is 17.0 Å². The van der Waals surface area contributed by atoms with Crippen molar-refractivity contribution in [2.24, 2.45) is 7.05 Å². The van der Waals surface area contributed by atoms with E-state index in [-0.39, 0.29) is 5.56 Å². The summed E-state index contributed by atoms with van der Waals surface area (Å²) in [6.45, 7) is 3.86. The first-order valence-corrected chi connectivity index (χ1v) is 10.1. The van der Waals surface area contributed by atoms with Gasteiger partial charge in [-0.3, -0.25) is 4.79 Å². The molecule has 138 valence electrons. The van der Waals surface area contributed by atoms with Crippen molar-refractivity contribution in [3.63, 3.8) is 0 Å². The third-order valence-electron chi connectivity index (χ3n) is 5.54. The summed E-state index contributed by atoms with van der Waals surface area (Å²) in [5, 5.41) is 7.05. The fourth-order valence-electron chi connectivity index (χ4n) is 3.90. The lowest BCUT2D eigenvalue weighted by molar-refractivity contribution is 0.690. The zero-order chi connectivity index (χ0) is 19.4. The topological polar surface area (TPSA) is 47.8 Å². The molecular weight excluding hydrogens is 366 g/mol. The van der Waals surface area contributed by atoms with E-state index in [0.29, 0.717) is 5.56 Å². The van der Waals surface area contributed by atoms with E-state index in [1.165, 1.54) is 38.3 Å². The molecular formula is C23H19N3OS. The second-order valence-electron chi connectivity index (χ2n) is 7.26. The molecule has 0 bridgehead atoms. The molecule has 1 aliphatic rings. The van der Waals surface area contributed by atoms with Gasteiger partial charge in [-0.25, -0.2) is 9.67 Å². The first kappa shape index (κ1) is 17.1. The van der Waals surface area contributed by atoms with Crippen molar-refractivity contribution in [2.75, 3.05) is 0 Å². The number of hydrogen-bond donors (Lipinski definition) is 0. The molecule has 0 N–H and O–H groups in total. The number of aryl methyl sites for hydroxylation is 2. The highest BCUT2D eigenvalue weighted by Gasteiger charge is 2.20. The molecule has 2 heterocycles. The molecule has 5 rings (SSSR count). The van der Waals surface area contributed by atoms with Gasteiger partial charge in [-0.15, -0.1) is 11.3 Å². The highest BCUT2D eigenvalue weighted by Crippen LogP contribution is 2.39. The molecule has 1 aliphatic carbocycles. The summed E-state index contributed by atoms with van der Waals surface area (Å²) in [4.78, 5) is 17.5. The molecule has 28 heavy (non-hydrogen) atoms. The van der Waals surface area contributed by atoms with Crippen molar-refractivity contribution in [3.8, 4) is 33.0 Å². The van der Waals surface area contributed by atoms with Gasteiger partial charge in [0.2, 0.25) is 0 Å². The number of fused-ring (bicyclic) bond motifs is 3. The Hall–Kier alpha value is -3.05. The summed E-state index contributed by atoms with van der Waals surface area (Å²) in [7, 11) is 1.69. The smallest absolute Gasteiger partial charge is 0.267 e. The van der Waals surface area contributed by atoms with Crippen LogP contribution in [0.4, 0.5) is 0 Å². The Morgan fingerprint density at radius 2 is 1.82 bits per heavy atom. The molecule has 0 radical (unpaired) electrons. The molecule has 0 saturated carbocycles. The monoisotopic (exact) mass is 385 g/mol. The average molecular weight is 385 g/mol. The molecule has 0 spiro atoms. The van der Waals surface area contributed by atoms with Crippen molar-refractivity contribution < 1.29 is 0 Å². The van der Waals surface area contributed by atoms with E-state index in [4.69, 9.17) is 4.98 Å². The zero-order valence-electron chi connectivity index (χ0n) is 16.0. The highest BCUT2D eigenvalue weighted by molar-refractivity contribution is 7.13. The molecule has 0 aliphatic heterocycles. The maximum absolute atomic E-state index is 12.6. The van der Waals surface area contributed by atoms with Gasteiger partial charge < -0.3 is 0 Å². The molecule has 4 nitrogen and oxygen atoms in total. The maximum Gasteiger partial charge on any atom is 0.277 e. The molecule has 4 aromatic rings. The van der Waals surface area contributed by atoms with Gasteiger partial charge in [-0.2, -0.15) is 5.10 Å². The van der Waals surface area contributed by atoms with Gasteiger partial charge >= 0.3 is 0 Å². The van der Waals surface area contributed by atoms with Gasteiger partial charge in [0, 0.05) is 18.0 Å². The summed E-state index contributed by atoms with van der Waals surface area (Å²) < 4.78 is 1.39. The lowest BCUT2D eigenvalue weighted by Gasteiger charge is -2.07. The predicted octanol–water partition coefficient (Wildman–Crippen LogP) is 4.76. The molecule has 2 aromatic heterocycles. The standard InChI is InChI=1S/C23H19N3OS/c1-13-14(2)25-26(3)23(27)21(13)22-24-20(12-28-22)17-9-8-16-10-15-6-4-5-7-18(15)19(16)11-17/h4-9,11-12H,10H2,1-3H3. The van der Waals surface area contributed by atoms with Gasteiger partial charge in [-0.05, 0) is 54.2 Å². The number of rotatable bonds is 2. The first-order chi connectivity index (χ1) is 13.5. The minimum Gasteiger partial charge on any atom is -0.267 e. The molecule has 5 heteroatoms. The van der Waals surface area contributed by atoms with Crippen LogP contribution in [0, 0.1) is 13.8 Å². The van der Waals surface area contributed by atoms with Gasteiger partial charge in [0.25, 0.3) is 5.56 Å². The van der Waals surface area contributed by atoms with Crippen LogP contribution in [0.5, 0.6) is 0 Å². The van der Waals surface area contributed by atoms with Crippen LogP contribution in [-0.4, -0.2) is 14.8 Å². The fourth-order valence-corrected chi connectivity index (χ4v) is 4.83. The minimum atomic E-state index is -0.105. The van der Waals surface area contributed by atoms with E-state index in [1.54, 1.807) is 7.05 Å². The van der Waals surface area contributed by atoms with E-state index >= 15 is 0 Å². The Morgan fingerprint density at radius 1 is 1.04 bits per heavy atom. The van der Waals surface area contributed by atoms with Gasteiger partial charge in [0.15, 0.2) is 0 Å². The summed E-state index contributed by atoms with van der Waals surface area (Å²) in [5.41, 5.74) is 9.61. The minimum absolute atomic E-state index is 0.105. The van der Waals surface area contributed by atoms with Crippen LogP contribution < -0.4 is 5.56 Å². The van der Waals surface area contributed by atoms with E-state index in [2.05, 4.69) is 47.6 Å². The second kappa shape index (κ2) is 6.24. The van der Waals surface area contributed by atoms with Crippen LogP contribution in [0.2, 0.25) is 0 Å². The normalized spacial score (nSPS) is 12.1. The largest absolute Gasteiger partial charge is 0.277 e. The molecule has 0 amide bonds. The third-order valence-corrected chi connectivity index (χ3v) is 6.40. The molecule has 0 saturated heterocycles. The number of nitrogens with zero attached hydrogens (tertiary/aromatic N) is 3. The maximum atomic E-state index is 12.6. The lowest BCUT2D eigenvalue weighted by atomic mass is 10.0. The van der Waals surface area contributed by atoms with Crippen LogP contribution in [0.3, 0.4) is 0 Å². The Morgan fingerprint density at radius 3 is 2.68 bits per heavy atom. The Labute approximate surface area is 167 Å². The lowest BCUT2D eigenvalue weighted by Crippen LogP contribution is -2.23. The fraction of sp³-hybridized carbons (Fsp3) is 0.174. The van der Waals surface area contributed by atoms with Crippen molar-refractivity contribution in [1.29, 1.82) is 0 Å². The molecule has 0 atom stereocenters. The summed E-state index contributed by atoms with van der Waals surface area (Å²) in [6.07, 6.45) is 0.986. The molecule has 0 fully saturated rings. The summed E-state index contributed by atoms with van der Waals surface area (Å²) in [6, 6.07) is 15.1. The number of thiazole rings is 1. The SMILES string of the molecule is Cc1nn(C)c(=O)c(-c2nc(-c3ccc4c(c3)-c3ccccc3C4)cs2)c1C. The number of benzene rings is 2. The Balaban J connectivity index is 1.61. The van der Waals surface area contributed by atoms with E-state index < -0.39 is 0 Å². The van der Waals surface area contributed by atoms with Crippen LogP contribution in [0.25, 0.3) is 33.0 Å². The Kier molecular flexibility index (Phi) is 3.81. The van der Waals surface area contributed by atoms with Crippen LogP contribution >= 0.6 is 11.3 Å². The van der Waals surface area contributed by atoms with Crippen LogP contribution in [0.15, 0.2) is 52.6 Å². The van der Waals surface area contributed by atoms with E-state index in [1.807, 2.05) is 19.2 Å². The second-order valence-corrected chi connectivity index (χ2v) is 8.12. The number of hydrogen-bond acceptors (Lipinski definition) is 4. The van der Waals surface area contributed by atoms with Crippen molar-refractivity contribution in [2.45, 2.75) is 20.3 Å². The van der Waals surface area contributed by atoms with E-state index in [9.17, 15) is 4.79 Å². The molecule has 0 unspecified atom stereocenters. The zero-order valence-corrected chi connectivity index (χ0v) is 16.8. The van der Waals surface area contributed by atoms with Crippen molar-refractivity contribution in [3.05, 3.63) is 80.6 Å². The summed E-state index contributed by atoms with van der Waals surface area (Å²) in [5.74, 6) is 0. The van der Waals surface area contributed by atoms with Crippen molar-refractivity contribution >= 4 is 11.3 Å². The van der Waals surface area contributed by atoms with Crippen LogP contribution in [0.1, 0.15) is 22.4 Å². The molecule has 2 aromatic carbocycles. The third kappa shape index (κ3) is 2.54.